The smallest absolute Gasteiger partial charge is 0.261 e. The molecule has 1 aromatic carbocycles. The van der Waals surface area contributed by atoms with Crippen LogP contribution in [0.15, 0.2) is 47.4 Å². The minimum absolute atomic E-state index is 0.412. The average molecular weight is 277 g/mol. The minimum Gasteiger partial charge on any atom is -0.279 e. The molecule has 3 nitrogen and oxygen atoms in total. The summed E-state index contributed by atoms with van der Waals surface area (Å²) in [4.78, 5) is 12.0. The van der Waals surface area contributed by atoms with Gasteiger partial charge in [-0.25, -0.2) is 0 Å². The Morgan fingerprint density at radius 2 is 2.00 bits per heavy atom. The second-order valence-corrected chi connectivity index (χ2v) is 4.72. The van der Waals surface area contributed by atoms with Crippen LogP contribution in [0, 0.1) is 12.9 Å². The SMILES string of the molecule is Cc1cc(-n2c(=O)cc(F)n3cccc23)ccc1Cl. The van der Waals surface area contributed by atoms with Crippen LogP contribution in [0.2, 0.25) is 5.02 Å². The van der Waals surface area contributed by atoms with Crippen molar-refractivity contribution in [2.45, 2.75) is 6.92 Å². The maximum atomic E-state index is 13.6. The van der Waals surface area contributed by atoms with Gasteiger partial charge in [-0.1, -0.05) is 11.6 Å². The number of hydrogen-bond donors (Lipinski definition) is 0. The maximum absolute atomic E-state index is 13.6. The lowest BCUT2D eigenvalue weighted by Crippen LogP contribution is -2.21. The van der Waals surface area contributed by atoms with Crippen molar-refractivity contribution in [2.24, 2.45) is 0 Å². The van der Waals surface area contributed by atoms with Crippen LogP contribution in [-0.4, -0.2) is 8.97 Å². The number of rotatable bonds is 1. The molecule has 5 heteroatoms. The molecule has 3 rings (SSSR count). The molecule has 0 fully saturated rings. The zero-order valence-electron chi connectivity index (χ0n) is 10.1. The van der Waals surface area contributed by atoms with E-state index in [9.17, 15) is 9.18 Å². The lowest BCUT2D eigenvalue weighted by atomic mass is 10.2. The van der Waals surface area contributed by atoms with Gasteiger partial charge < -0.3 is 0 Å². The zero-order chi connectivity index (χ0) is 13.6. The van der Waals surface area contributed by atoms with E-state index in [1.807, 2.05) is 6.92 Å². The summed E-state index contributed by atoms with van der Waals surface area (Å²) in [6.07, 6.45) is 1.57. The first-order valence-corrected chi connectivity index (χ1v) is 6.11. The number of aryl methyl sites for hydroxylation is 1. The van der Waals surface area contributed by atoms with E-state index in [-0.39, 0.29) is 0 Å². The Bertz CT molecular complexity index is 835. The molecule has 3 aromatic rings. The van der Waals surface area contributed by atoms with Crippen molar-refractivity contribution in [3.63, 3.8) is 0 Å². The van der Waals surface area contributed by atoms with Crippen molar-refractivity contribution >= 4 is 17.2 Å². The summed E-state index contributed by atoms with van der Waals surface area (Å²) in [5.74, 6) is -0.577. The second kappa shape index (κ2) is 4.24. The largest absolute Gasteiger partial charge is 0.279 e. The number of benzene rings is 1. The summed E-state index contributed by atoms with van der Waals surface area (Å²) >= 11 is 5.98. The molecule has 0 saturated heterocycles. The van der Waals surface area contributed by atoms with Crippen molar-refractivity contribution in [3.05, 3.63) is 69.5 Å². The first-order chi connectivity index (χ1) is 9.08. The first kappa shape index (κ1) is 12.0. The lowest BCUT2D eigenvalue weighted by molar-refractivity contribution is 0.559. The third kappa shape index (κ3) is 1.85. The van der Waals surface area contributed by atoms with Gasteiger partial charge in [-0.3, -0.25) is 13.8 Å². The monoisotopic (exact) mass is 276 g/mol. The van der Waals surface area contributed by atoms with Gasteiger partial charge >= 0.3 is 0 Å². The zero-order valence-corrected chi connectivity index (χ0v) is 10.9. The van der Waals surface area contributed by atoms with E-state index in [4.69, 9.17) is 11.6 Å². The Balaban J connectivity index is 2.39. The van der Waals surface area contributed by atoms with Crippen LogP contribution < -0.4 is 5.56 Å². The number of fused-ring (bicyclic) bond motifs is 1. The van der Waals surface area contributed by atoms with Gasteiger partial charge in [0, 0.05) is 11.2 Å². The third-order valence-electron chi connectivity index (χ3n) is 3.05. The Kier molecular flexibility index (Phi) is 2.68. The summed E-state index contributed by atoms with van der Waals surface area (Å²) in [7, 11) is 0. The van der Waals surface area contributed by atoms with E-state index in [1.54, 1.807) is 36.5 Å². The van der Waals surface area contributed by atoms with E-state index in [2.05, 4.69) is 0 Å². The molecule has 0 saturated carbocycles. The summed E-state index contributed by atoms with van der Waals surface area (Å²) in [5.41, 5.74) is 1.59. The minimum atomic E-state index is -0.577. The Morgan fingerprint density at radius 1 is 1.21 bits per heavy atom. The van der Waals surface area contributed by atoms with E-state index in [0.29, 0.717) is 16.4 Å². The number of halogens is 2. The molecule has 96 valence electrons. The molecule has 0 bridgehead atoms. The van der Waals surface area contributed by atoms with Gasteiger partial charge in [0.2, 0.25) is 5.95 Å². The molecule has 0 aliphatic carbocycles. The van der Waals surface area contributed by atoms with Gasteiger partial charge in [0.15, 0.2) is 0 Å². The molecule has 0 aliphatic heterocycles. The number of hydrogen-bond acceptors (Lipinski definition) is 1. The van der Waals surface area contributed by atoms with Crippen LogP contribution in [0.5, 0.6) is 0 Å². The van der Waals surface area contributed by atoms with Crippen molar-refractivity contribution < 1.29 is 4.39 Å². The van der Waals surface area contributed by atoms with E-state index < -0.39 is 11.5 Å². The van der Waals surface area contributed by atoms with Crippen molar-refractivity contribution in [1.29, 1.82) is 0 Å². The number of aromatic nitrogens is 2. The fourth-order valence-electron chi connectivity index (χ4n) is 2.11. The quantitative estimate of drug-likeness (QED) is 0.627. The van der Waals surface area contributed by atoms with Gasteiger partial charge in [-0.2, -0.15) is 4.39 Å². The topological polar surface area (TPSA) is 26.4 Å². The van der Waals surface area contributed by atoms with Gasteiger partial charge in [0.1, 0.15) is 5.65 Å². The normalized spacial score (nSPS) is 11.1. The Morgan fingerprint density at radius 3 is 2.74 bits per heavy atom. The Hall–Kier alpha value is -2.07. The highest BCUT2D eigenvalue weighted by atomic mass is 35.5. The van der Waals surface area contributed by atoms with Gasteiger partial charge in [0.25, 0.3) is 5.56 Å². The predicted molar refractivity (Wildman–Crippen MR) is 72.7 cm³/mol. The lowest BCUT2D eigenvalue weighted by Gasteiger charge is -2.10. The molecule has 0 N–H and O–H groups in total. The molecule has 2 aromatic heterocycles. The van der Waals surface area contributed by atoms with Crippen LogP contribution >= 0.6 is 11.6 Å². The van der Waals surface area contributed by atoms with Gasteiger partial charge in [-0.05, 0) is 42.8 Å². The summed E-state index contributed by atoms with van der Waals surface area (Å²) in [6, 6.07) is 9.61. The van der Waals surface area contributed by atoms with Gasteiger partial charge in [0.05, 0.1) is 11.8 Å². The average Bonchev–Trinajstić information content (AvgIpc) is 2.83. The van der Waals surface area contributed by atoms with Crippen LogP contribution in [-0.2, 0) is 0 Å². The maximum Gasteiger partial charge on any atom is 0.261 e. The highest BCUT2D eigenvalue weighted by Gasteiger charge is 2.10. The van der Waals surface area contributed by atoms with Crippen LogP contribution in [0.4, 0.5) is 4.39 Å². The highest BCUT2D eigenvalue weighted by Crippen LogP contribution is 2.19. The van der Waals surface area contributed by atoms with Crippen LogP contribution in [0.3, 0.4) is 0 Å². The van der Waals surface area contributed by atoms with Crippen molar-refractivity contribution in [3.8, 4) is 5.69 Å². The summed E-state index contributed by atoms with van der Waals surface area (Å²) < 4.78 is 16.4. The summed E-state index contributed by atoms with van der Waals surface area (Å²) in [5, 5.41) is 0.630. The molecule has 0 aliphatic rings. The molecular formula is C14H10ClFN2O. The van der Waals surface area contributed by atoms with Gasteiger partial charge in [-0.15, -0.1) is 0 Å². The first-order valence-electron chi connectivity index (χ1n) is 5.73. The fraction of sp³-hybridized carbons (Fsp3) is 0.0714. The van der Waals surface area contributed by atoms with Crippen LogP contribution in [0.1, 0.15) is 5.56 Å². The molecule has 0 radical (unpaired) electrons. The van der Waals surface area contributed by atoms with Crippen molar-refractivity contribution in [2.75, 3.05) is 0 Å². The van der Waals surface area contributed by atoms with Crippen LogP contribution in [0.25, 0.3) is 11.3 Å². The van der Waals surface area contributed by atoms with E-state index in [0.717, 1.165) is 11.6 Å². The molecule has 0 atom stereocenters. The predicted octanol–water partition coefficient (Wildman–Crippen LogP) is 3.19. The summed E-state index contributed by atoms with van der Waals surface area (Å²) in [6.45, 7) is 1.86. The number of nitrogens with zero attached hydrogens (tertiary/aromatic N) is 2. The standard InChI is InChI=1S/C14H10ClFN2O/c1-9-7-10(4-5-11(9)15)18-13-3-2-6-17(13)12(16)8-14(18)19/h2-8H,1H3. The molecule has 0 spiro atoms. The Labute approximate surface area is 113 Å². The second-order valence-electron chi connectivity index (χ2n) is 4.31. The third-order valence-corrected chi connectivity index (χ3v) is 3.47. The molecule has 19 heavy (non-hydrogen) atoms. The highest BCUT2D eigenvalue weighted by molar-refractivity contribution is 6.31. The van der Waals surface area contributed by atoms with E-state index >= 15 is 0 Å². The fourth-order valence-corrected chi connectivity index (χ4v) is 2.23. The molecule has 0 amide bonds. The molecular weight excluding hydrogens is 267 g/mol. The molecule has 0 unspecified atom stereocenters. The van der Waals surface area contributed by atoms with Crippen molar-refractivity contribution in [1.82, 2.24) is 8.97 Å². The molecule has 2 heterocycles. The van der Waals surface area contributed by atoms with E-state index in [1.165, 1.54) is 8.97 Å².